The third kappa shape index (κ3) is 1.50. The average molecular weight is 192 g/mol. The second-order valence-electron chi connectivity index (χ2n) is 2.63. The van der Waals surface area contributed by atoms with Crippen molar-refractivity contribution in [3.8, 4) is 10.7 Å². The minimum Gasteiger partial charge on any atom is -0.383 e. The van der Waals surface area contributed by atoms with Gasteiger partial charge in [0.25, 0.3) is 0 Å². The minimum absolute atomic E-state index is 0.526. The Hall–Kier alpha value is -1.49. The van der Waals surface area contributed by atoms with E-state index in [1.165, 1.54) is 11.3 Å². The average Bonchev–Trinajstić information content (AvgIpc) is 2.62. The summed E-state index contributed by atoms with van der Waals surface area (Å²) in [6, 6.07) is 0. The van der Waals surface area contributed by atoms with E-state index in [2.05, 4.69) is 15.0 Å². The van der Waals surface area contributed by atoms with Crippen LogP contribution in [0.3, 0.4) is 0 Å². The predicted molar refractivity (Wildman–Crippen MR) is 52.3 cm³/mol. The van der Waals surface area contributed by atoms with E-state index in [0.29, 0.717) is 11.6 Å². The second-order valence-corrected chi connectivity index (χ2v) is 3.51. The van der Waals surface area contributed by atoms with Gasteiger partial charge in [0.05, 0.1) is 10.4 Å². The third-order valence-corrected chi connectivity index (χ3v) is 2.43. The Balaban J connectivity index is 2.49. The molecule has 0 saturated heterocycles. The van der Waals surface area contributed by atoms with Gasteiger partial charge < -0.3 is 5.73 Å². The number of hydrogen-bond donors (Lipinski definition) is 1. The van der Waals surface area contributed by atoms with Crippen molar-refractivity contribution < 1.29 is 0 Å². The standard InChI is InChI=1S/C8H8N4S/c1-5-2-11-8(12-7(5)9)6-3-10-4-13-6/h2-4H,1H3,(H2,9,11,12). The van der Waals surface area contributed by atoms with E-state index in [1.807, 2.05) is 6.92 Å². The van der Waals surface area contributed by atoms with Crippen LogP contribution in [-0.2, 0) is 0 Å². The van der Waals surface area contributed by atoms with Gasteiger partial charge in [0.2, 0.25) is 0 Å². The lowest BCUT2D eigenvalue weighted by molar-refractivity contribution is 1.15. The van der Waals surface area contributed by atoms with Crippen molar-refractivity contribution in [3.05, 3.63) is 23.5 Å². The maximum absolute atomic E-state index is 5.66. The first kappa shape index (κ1) is 8.12. The summed E-state index contributed by atoms with van der Waals surface area (Å²) in [6.45, 7) is 1.88. The van der Waals surface area contributed by atoms with Crippen LogP contribution in [-0.4, -0.2) is 15.0 Å². The van der Waals surface area contributed by atoms with E-state index in [0.717, 1.165) is 10.4 Å². The Kier molecular flexibility index (Phi) is 1.94. The molecule has 66 valence electrons. The first-order chi connectivity index (χ1) is 6.27. The van der Waals surface area contributed by atoms with E-state index in [-0.39, 0.29) is 0 Å². The molecule has 0 fully saturated rings. The molecule has 2 N–H and O–H groups in total. The van der Waals surface area contributed by atoms with Gasteiger partial charge in [-0.3, -0.25) is 4.98 Å². The van der Waals surface area contributed by atoms with Crippen molar-refractivity contribution in [1.82, 2.24) is 15.0 Å². The van der Waals surface area contributed by atoms with Crippen LogP contribution in [0, 0.1) is 6.92 Å². The van der Waals surface area contributed by atoms with Crippen LogP contribution in [0.25, 0.3) is 10.7 Å². The Morgan fingerprint density at radius 2 is 2.23 bits per heavy atom. The van der Waals surface area contributed by atoms with Gasteiger partial charge >= 0.3 is 0 Å². The molecule has 0 aliphatic rings. The largest absolute Gasteiger partial charge is 0.383 e. The topological polar surface area (TPSA) is 64.7 Å². The molecule has 0 spiro atoms. The van der Waals surface area contributed by atoms with Gasteiger partial charge in [-0.2, -0.15) is 0 Å². The summed E-state index contributed by atoms with van der Waals surface area (Å²) in [5.41, 5.74) is 8.30. The Labute approximate surface area is 79.5 Å². The highest BCUT2D eigenvalue weighted by Crippen LogP contribution is 2.20. The zero-order valence-electron chi connectivity index (χ0n) is 7.06. The molecule has 2 aromatic heterocycles. The number of nitrogen functional groups attached to an aromatic ring is 1. The van der Waals surface area contributed by atoms with Crippen molar-refractivity contribution in [2.75, 3.05) is 5.73 Å². The third-order valence-electron chi connectivity index (χ3n) is 1.66. The molecule has 5 heteroatoms. The van der Waals surface area contributed by atoms with Gasteiger partial charge in [-0.15, -0.1) is 11.3 Å². The normalized spacial score (nSPS) is 10.2. The Morgan fingerprint density at radius 3 is 2.85 bits per heavy atom. The molecule has 2 rings (SSSR count). The minimum atomic E-state index is 0.526. The second kappa shape index (κ2) is 3.10. The molecular formula is C8H8N4S. The molecule has 2 heterocycles. The van der Waals surface area contributed by atoms with Gasteiger partial charge in [0, 0.05) is 18.0 Å². The van der Waals surface area contributed by atoms with Crippen LogP contribution >= 0.6 is 11.3 Å². The van der Waals surface area contributed by atoms with Gasteiger partial charge in [0.15, 0.2) is 5.82 Å². The fourth-order valence-electron chi connectivity index (χ4n) is 0.900. The lowest BCUT2D eigenvalue weighted by Crippen LogP contribution is -1.97. The van der Waals surface area contributed by atoms with Crippen LogP contribution in [0.5, 0.6) is 0 Å². The summed E-state index contributed by atoms with van der Waals surface area (Å²) < 4.78 is 0. The van der Waals surface area contributed by atoms with Crippen molar-refractivity contribution in [2.45, 2.75) is 6.92 Å². The van der Waals surface area contributed by atoms with Crippen LogP contribution in [0.4, 0.5) is 5.82 Å². The number of anilines is 1. The van der Waals surface area contributed by atoms with Gasteiger partial charge in [-0.05, 0) is 6.92 Å². The summed E-state index contributed by atoms with van der Waals surface area (Å²) in [5, 5.41) is 0. The zero-order chi connectivity index (χ0) is 9.26. The molecule has 2 aromatic rings. The van der Waals surface area contributed by atoms with E-state index in [9.17, 15) is 0 Å². The molecule has 0 saturated carbocycles. The van der Waals surface area contributed by atoms with Crippen molar-refractivity contribution >= 4 is 17.2 Å². The zero-order valence-corrected chi connectivity index (χ0v) is 7.88. The number of nitrogens with two attached hydrogens (primary N) is 1. The van der Waals surface area contributed by atoms with Crippen LogP contribution in [0.1, 0.15) is 5.56 Å². The smallest absolute Gasteiger partial charge is 0.173 e. The number of rotatable bonds is 1. The van der Waals surface area contributed by atoms with E-state index < -0.39 is 0 Å². The van der Waals surface area contributed by atoms with Crippen molar-refractivity contribution in [2.24, 2.45) is 0 Å². The van der Waals surface area contributed by atoms with Gasteiger partial charge in [-0.25, -0.2) is 9.97 Å². The number of nitrogens with zero attached hydrogens (tertiary/aromatic N) is 3. The molecule has 0 radical (unpaired) electrons. The maximum Gasteiger partial charge on any atom is 0.173 e. The molecule has 0 amide bonds. The molecule has 0 aliphatic heterocycles. The SMILES string of the molecule is Cc1cnc(-c2cncs2)nc1N. The Bertz CT molecular complexity index is 410. The van der Waals surface area contributed by atoms with E-state index >= 15 is 0 Å². The Morgan fingerprint density at radius 1 is 1.38 bits per heavy atom. The highest BCUT2D eigenvalue weighted by molar-refractivity contribution is 7.13. The van der Waals surface area contributed by atoms with Crippen molar-refractivity contribution in [1.29, 1.82) is 0 Å². The van der Waals surface area contributed by atoms with Crippen LogP contribution in [0.2, 0.25) is 0 Å². The molecule has 4 nitrogen and oxygen atoms in total. The predicted octanol–water partition coefficient (Wildman–Crippen LogP) is 1.49. The molecule has 0 bridgehead atoms. The molecule has 13 heavy (non-hydrogen) atoms. The number of aromatic nitrogens is 3. The summed E-state index contributed by atoms with van der Waals surface area (Å²) in [7, 11) is 0. The fourth-order valence-corrected chi connectivity index (χ4v) is 1.46. The van der Waals surface area contributed by atoms with Gasteiger partial charge in [0.1, 0.15) is 5.82 Å². The quantitative estimate of drug-likeness (QED) is 0.743. The molecule has 0 aromatic carbocycles. The summed E-state index contributed by atoms with van der Waals surface area (Å²) in [6.07, 6.45) is 3.45. The number of hydrogen-bond acceptors (Lipinski definition) is 5. The van der Waals surface area contributed by atoms with Crippen LogP contribution < -0.4 is 5.73 Å². The van der Waals surface area contributed by atoms with Crippen molar-refractivity contribution in [3.63, 3.8) is 0 Å². The molecular weight excluding hydrogens is 184 g/mol. The highest BCUT2D eigenvalue weighted by Gasteiger charge is 2.04. The maximum atomic E-state index is 5.66. The van der Waals surface area contributed by atoms with E-state index in [1.54, 1.807) is 17.9 Å². The fraction of sp³-hybridized carbons (Fsp3) is 0.125. The lowest BCUT2D eigenvalue weighted by atomic mass is 10.3. The van der Waals surface area contributed by atoms with E-state index in [4.69, 9.17) is 5.73 Å². The monoisotopic (exact) mass is 192 g/mol. The van der Waals surface area contributed by atoms with Crippen LogP contribution in [0.15, 0.2) is 17.9 Å². The molecule has 0 atom stereocenters. The summed E-state index contributed by atoms with van der Waals surface area (Å²) in [4.78, 5) is 13.2. The highest BCUT2D eigenvalue weighted by atomic mass is 32.1. The molecule has 0 aliphatic carbocycles. The first-order valence-electron chi connectivity index (χ1n) is 3.75. The number of aryl methyl sites for hydroxylation is 1. The van der Waals surface area contributed by atoms with Gasteiger partial charge in [-0.1, -0.05) is 0 Å². The summed E-state index contributed by atoms with van der Waals surface area (Å²) >= 11 is 1.50. The first-order valence-corrected chi connectivity index (χ1v) is 4.63. The number of thiazole rings is 1. The lowest BCUT2D eigenvalue weighted by Gasteiger charge is -1.99. The summed E-state index contributed by atoms with van der Waals surface area (Å²) in [5.74, 6) is 1.17. The molecule has 0 unspecified atom stereocenters.